The Balaban J connectivity index is 1.63. The highest BCUT2D eigenvalue weighted by molar-refractivity contribution is 7.81. The maximum absolute atomic E-state index is 13.0. The van der Waals surface area contributed by atoms with Crippen molar-refractivity contribution >= 4 is 53.6 Å². The number of nitrogens with zero attached hydrogens (tertiary/aromatic N) is 3. The minimum atomic E-state index is -4.54. The molecule has 4 bridgehead atoms. The number of anilines is 1. The third-order valence-corrected chi connectivity index (χ3v) is 13.1. The SMILES string of the molecule is CN(C)P(=NC(=S)NNc1c(Cl)cc(C(F)(F)F)cc1Cl)(N(C)C)C12CC3CC(CC(C3)C1)C2. The average Bonchev–Trinajstić information content (AvgIpc) is 2.68. The van der Waals surface area contributed by atoms with E-state index >= 15 is 0 Å². The Hall–Kier alpha value is -0.570. The van der Waals surface area contributed by atoms with Gasteiger partial charge in [-0.05, 0) is 109 Å². The smallest absolute Gasteiger partial charge is 0.296 e. The highest BCUT2D eigenvalue weighted by Gasteiger charge is 2.59. The number of alkyl halides is 3. The first kappa shape index (κ1) is 26.5. The lowest BCUT2D eigenvalue weighted by molar-refractivity contribution is -0.137. The Kier molecular flexibility index (Phi) is 7.31. The van der Waals surface area contributed by atoms with Gasteiger partial charge in [-0.3, -0.25) is 20.2 Å². The Labute approximate surface area is 214 Å². The van der Waals surface area contributed by atoms with Crippen molar-refractivity contribution < 1.29 is 13.2 Å². The molecule has 0 spiro atoms. The summed E-state index contributed by atoms with van der Waals surface area (Å²) in [6, 6.07) is 1.67. The van der Waals surface area contributed by atoms with Crippen molar-refractivity contribution in [1.82, 2.24) is 14.8 Å². The lowest BCUT2D eigenvalue weighted by Crippen LogP contribution is -2.54. The molecule has 0 unspecified atom stereocenters. The van der Waals surface area contributed by atoms with Crippen molar-refractivity contribution in [3.05, 3.63) is 27.7 Å². The normalized spacial score (nSPS) is 28.5. The number of benzene rings is 1. The van der Waals surface area contributed by atoms with E-state index in [4.69, 9.17) is 40.2 Å². The summed E-state index contributed by atoms with van der Waals surface area (Å²) in [7, 11) is 6.08. The maximum Gasteiger partial charge on any atom is 0.416 e. The molecule has 2 N–H and O–H groups in total. The molecule has 0 saturated heterocycles. The molecule has 1 aromatic carbocycles. The molecule has 0 amide bonds. The van der Waals surface area contributed by atoms with Gasteiger partial charge in [-0.1, -0.05) is 23.2 Å². The highest BCUT2D eigenvalue weighted by atomic mass is 35.5. The quantitative estimate of drug-likeness (QED) is 0.226. The number of thiocarbonyl (C=S) groups is 1. The molecule has 34 heavy (non-hydrogen) atoms. The van der Waals surface area contributed by atoms with Gasteiger partial charge < -0.3 is 0 Å². The third-order valence-electron chi connectivity index (χ3n) is 7.65. The molecule has 4 aliphatic rings. The molecule has 0 atom stereocenters. The summed E-state index contributed by atoms with van der Waals surface area (Å²) < 4.78 is 48.8. The van der Waals surface area contributed by atoms with Gasteiger partial charge in [-0.25, -0.2) is 4.74 Å². The molecular weight excluding hydrogens is 525 g/mol. The van der Waals surface area contributed by atoms with Crippen LogP contribution in [0.1, 0.15) is 44.1 Å². The van der Waals surface area contributed by atoms with Gasteiger partial charge in [0.1, 0.15) is 7.36 Å². The molecule has 5 nitrogen and oxygen atoms in total. The fourth-order valence-electron chi connectivity index (χ4n) is 7.05. The standard InChI is InChI=1S/C22H31Cl2F3N5PS/c1-31(2)33(32(3)4,21-10-13-5-14(11-21)7-15(6-13)12-21)30-20(34)29-28-19-17(23)8-16(9-18(19)24)22(25,26)27/h8-9,13-15,28H,5-7,10-12H2,1-4H3,(H,29,34). The van der Waals surface area contributed by atoms with Gasteiger partial charge >= 0.3 is 6.18 Å². The second-order valence-corrected chi connectivity index (χ2v) is 15.5. The number of rotatable bonds is 5. The van der Waals surface area contributed by atoms with Crippen molar-refractivity contribution in [1.29, 1.82) is 0 Å². The van der Waals surface area contributed by atoms with E-state index in [0.717, 1.165) is 29.9 Å². The van der Waals surface area contributed by atoms with Gasteiger partial charge in [0.2, 0.25) is 5.11 Å². The van der Waals surface area contributed by atoms with Crippen LogP contribution in [0, 0.1) is 17.8 Å². The largest absolute Gasteiger partial charge is 0.416 e. The second kappa shape index (κ2) is 9.38. The molecule has 0 aliphatic heterocycles. The third kappa shape index (κ3) is 4.61. The first-order chi connectivity index (χ1) is 15.8. The molecule has 4 saturated carbocycles. The summed E-state index contributed by atoms with van der Waals surface area (Å²) in [5.74, 6) is 2.26. The average molecular weight is 556 g/mol. The lowest BCUT2D eigenvalue weighted by atomic mass is 9.56. The van der Waals surface area contributed by atoms with Crippen LogP contribution < -0.4 is 10.9 Å². The molecule has 0 heterocycles. The summed E-state index contributed by atoms with van der Waals surface area (Å²) in [5, 5.41) is 0.0120. The predicted molar refractivity (Wildman–Crippen MR) is 138 cm³/mol. The van der Waals surface area contributed by atoms with Crippen molar-refractivity contribution in [2.75, 3.05) is 33.6 Å². The first-order valence-electron chi connectivity index (χ1n) is 11.4. The molecule has 12 heteroatoms. The summed E-state index contributed by atoms with van der Waals surface area (Å²) in [6.07, 6.45) is 2.95. The first-order valence-corrected chi connectivity index (χ1v) is 14.2. The lowest BCUT2D eigenvalue weighted by Gasteiger charge is -2.63. The Morgan fingerprint density at radius 1 is 1.00 bits per heavy atom. The van der Waals surface area contributed by atoms with Gasteiger partial charge in [0.15, 0.2) is 0 Å². The van der Waals surface area contributed by atoms with Crippen LogP contribution in [-0.2, 0) is 6.18 Å². The van der Waals surface area contributed by atoms with E-state index in [1.54, 1.807) is 0 Å². The van der Waals surface area contributed by atoms with E-state index < -0.39 is 19.1 Å². The van der Waals surface area contributed by atoms with Crippen LogP contribution in [0.2, 0.25) is 10.0 Å². The fourth-order valence-corrected chi connectivity index (χ4v) is 12.8. The number of nitrogens with one attached hydrogen (secondary N) is 2. The van der Waals surface area contributed by atoms with Gasteiger partial charge in [0, 0.05) is 5.16 Å². The van der Waals surface area contributed by atoms with Gasteiger partial charge in [-0.2, -0.15) is 13.2 Å². The maximum atomic E-state index is 13.0. The minimum absolute atomic E-state index is 0.0874. The van der Waals surface area contributed by atoms with Crippen molar-refractivity contribution in [2.24, 2.45) is 22.5 Å². The number of hydrogen-bond donors (Lipinski definition) is 2. The van der Waals surface area contributed by atoms with E-state index in [9.17, 15) is 13.2 Å². The summed E-state index contributed by atoms with van der Waals surface area (Å²) in [5.41, 5.74) is 4.89. The van der Waals surface area contributed by atoms with Crippen LogP contribution in [0.5, 0.6) is 0 Å². The minimum Gasteiger partial charge on any atom is -0.296 e. The zero-order valence-corrected chi connectivity index (χ0v) is 22.9. The van der Waals surface area contributed by atoms with E-state index in [1.165, 1.54) is 38.5 Å². The number of halogens is 5. The van der Waals surface area contributed by atoms with E-state index in [2.05, 4.69) is 48.4 Å². The van der Waals surface area contributed by atoms with Crippen LogP contribution in [-0.4, -0.2) is 47.8 Å². The summed E-state index contributed by atoms with van der Waals surface area (Å²) in [4.78, 5) is 0. The molecule has 4 fully saturated rings. The number of hydrazine groups is 1. The van der Waals surface area contributed by atoms with E-state index in [-0.39, 0.29) is 26.0 Å². The highest BCUT2D eigenvalue weighted by Crippen LogP contribution is 2.75. The monoisotopic (exact) mass is 555 g/mol. The van der Waals surface area contributed by atoms with E-state index in [0.29, 0.717) is 0 Å². The van der Waals surface area contributed by atoms with E-state index in [1.807, 2.05) is 0 Å². The van der Waals surface area contributed by atoms with Gasteiger partial charge in [0.25, 0.3) is 0 Å². The van der Waals surface area contributed by atoms with Gasteiger partial charge in [-0.15, -0.1) is 0 Å². The molecular formula is C22H31Cl2F3N5PS. The van der Waals surface area contributed by atoms with Crippen molar-refractivity contribution in [3.8, 4) is 0 Å². The summed E-state index contributed by atoms with van der Waals surface area (Å²) >= 11 is 17.8. The number of hydrogen-bond acceptors (Lipinski definition) is 2. The van der Waals surface area contributed by atoms with Crippen LogP contribution in [0.4, 0.5) is 18.9 Å². The van der Waals surface area contributed by atoms with Crippen LogP contribution in [0.15, 0.2) is 16.9 Å². The van der Waals surface area contributed by atoms with Crippen LogP contribution in [0.25, 0.3) is 0 Å². The molecule has 4 aliphatic carbocycles. The Morgan fingerprint density at radius 2 is 1.44 bits per heavy atom. The van der Waals surface area contributed by atoms with Gasteiger partial charge in [0.05, 0.1) is 21.3 Å². The molecule has 0 radical (unpaired) electrons. The van der Waals surface area contributed by atoms with Crippen LogP contribution >= 0.6 is 42.8 Å². The zero-order chi connectivity index (χ0) is 25.1. The zero-order valence-electron chi connectivity index (χ0n) is 19.7. The predicted octanol–water partition coefficient (Wildman–Crippen LogP) is 7.34. The fraction of sp³-hybridized carbons (Fsp3) is 0.682. The molecule has 0 aromatic heterocycles. The topological polar surface area (TPSA) is 42.9 Å². The Bertz CT molecular complexity index is 960. The van der Waals surface area contributed by atoms with Crippen molar-refractivity contribution in [3.63, 3.8) is 0 Å². The molecule has 190 valence electrons. The molecule has 5 rings (SSSR count). The molecule has 1 aromatic rings. The van der Waals surface area contributed by atoms with Crippen LogP contribution in [0.3, 0.4) is 0 Å². The second-order valence-electron chi connectivity index (χ2n) is 10.4. The Morgan fingerprint density at radius 3 is 1.82 bits per heavy atom. The summed E-state index contributed by atoms with van der Waals surface area (Å²) in [6.45, 7) is 0. The van der Waals surface area contributed by atoms with Crippen molar-refractivity contribution in [2.45, 2.75) is 49.9 Å².